The van der Waals surface area contributed by atoms with E-state index in [0.29, 0.717) is 16.2 Å². The summed E-state index contributed by atoms with van der Waals surface area (Å²) < 4.78 is 0. The third-order valence-corrected chi connectivity index (χ3v) is 3.58. The number of hydrogen-bond acceptors (Lipinski definition) is 9. The summed E-state index contributed by atoms with van der Waals surface area (Å²) >= 11 is 1.05. The van der Waals surface area contributed by atoms with Crippen LogP contribution in [-0.4, -0.2) is 41.9 Å². The van der Waals surface area contributed by atoms with Gasteiger partial charge in [0.25, 0.3) is 0 Å². The maximum atomic E-state index is 11.2. The van der Waals surface area contributed by atoms with Crippen molar-refractivity contribution in [3.63, 3.8) is 0 Å². The number of nitrogens with one attached hydrogen (secondary N) is 2. The number of rotatable bonds is 4. The molecular weight excluding hydrogens is 296 g/mol. The number of fused-ring (bicyclic) bond motifs is 1. The quantitative estimate of drug-likeness (QED) is 0.414. The third kappa shape index (κ3) is 2.33. The van der Waals surface area contributed by atoms with Crippen molar-refractivity contribution in [2.24, 2.45) is 0 Å². The number of imidazole rings is 1. The van der Waals surface area contributed by atoms with E-state index in [9.17, 15) is 10.1 Å². The first kappa shape index (κ1) is 13.2. The van der Waals surface area contributed by atoms with Crippen LogP contribution in [0.3, 0.4) is 0 Å². The molecule has 0 bridgehead atoms. The molecule has 0 atom stereocenters. The van der Waals surface area contributed by atoms with E-state index in [1.165, 1.54) is 19.0 Å². The fraction of sp³-hybridized carbons (Fsp3) is 0.100. The highest BCUT2D eigenvalue weighted by atomic mass is 32.2. The Morgan fingerprint density at radius 1 is 1.19 bits per heavy atom. The summed E-state index contributed by atoms with van der Waals surface area (Å²) in [6.45, 7) is 0. The van der Waals surface area contributed by atoms with Gasteiger partial charge in [-0.1, -0.05) is 0 Å². The zero-order valence-corrected chi connectivity index (χ0v) is 11.5. The number of H-pyrrole nitrogens is 1. The summed E-state index contributed by atoms with van der Waals surface area (Å²) in [4.78, 5) is 33.5. The smallest absolute Gasteiger partial charge is 0.343 e. The molecule has 21 heavy (non-hydrogen) atoms. The van der Waals surface area contributed by atoms with Gasteiger partial charge in [-0.05, 0) is 11.8 Å². The van der Waals surface area contributed by atoms with E-state index < -0.39 is 4.92 Å². The predicted octanol–water partition coefficient (Wildman–Crippen LogP) is 1.24. The number of aromatic nitrogens is 6. The topological polar surface area (TPSA) is 135 Å². The van der Waals surface area contributed by atoms with Gasteiger partial charge >= 0.3 is 5.69 Å². The van der Waals surface area contributed by atoms with Crippen molar-refractivity contribution in [1.82, 2.24) is 29.9 Å². The summed E-state index contributed by atoms with van der Waals surface area (Å²) in [6, 6.07) is 0. The van der Waals surface area contributed by atoms with Crippen LogP contribution < -0.4 is 5.32 Å². The van der Waals surface area contributed by atoms with E-state index in [-0.39, 0.29) is 16.5 Å². The number of hydrogen-bond donors (Lipinski definition) is 2. The number of nitro groups is 1. The van der Waals surface area contributed by atoms with Gasteiger partial charge in [-0.2, -0.15) is 0 Å². The summed E-state index contributed by atoms with van der Waals surface area (Å²) in [5.74, 6) is 0.146. The fourth-order valence-electron chi connectivity index (χ4n) is 1.70. The molecule has 0 saturated carbocycles. The van der Waals surface area contributed by atoms with Gasteiger partial charge in [0.2, 0.25) is 5.82 Å². The van der Waals surface area contributed by atoms with E-state index >= 15 is 0 Å². The molecule has 3 aromatic heterocycles. The van der Waals surface area contributed by atoms with Crippen molar-refractivity contribution >= 4 is 34.4 Å². The van der Waals surface area contributed by atoms with Crippen molar-refractivity contribution in [1.29, 1.82) is 0 Å². The first-order valence-electron chi connectivity index (χ1n) is 5.69. The van der Waals surface area contributed by atoms with Gasteiger partial charge in [-0.15, -0.1) is 0 Å². The molecule has 10 nitrogen and oxygen atoms in total. The molecule has 3 rings (SSSR count). The van der Waals surface area contributed by atoms with E-state index in [2.05, 4.69) is 35.2 Å². The zero-order chi connectivity index (χ0) is 14.8. The second-order valence-corrected chi connectivity index (χ2v) is 4.74. The van der Waals surface area contributed by atoms with E-state index in [0.717, 1.165) is 11.8 Å². The normalized spacial score (nSPS) is 10.7. The molecule has 0 fully saturated rings. The van der Waals surface area contributed by atoms with Crippen LogP contribution in [0, 0.1) is 10.1 Å². The van der Waals surface area contributed by atoms with Crippen molar-refractivity contribution in [3.8, 4) is 0 Å². The monoisotopic (exact) mass is 304 g/mol. The number of anilines is 1. The maximum Gasteiger partial charge on any atom is 0.343 e. The van der Waals surface area contributed by atoms with Crippen molar-refractivity contribution in [3.05, 3.63) is 29.1 Å². The van der Waals surface area contributed by atoms with Gasteiger partial charge in [0.15, 0.2) is 10.7 Å². The van der Waals surface area contributed by atoms with Crippen molar-refractivity contribution in [2.75, 3.05) is 12.4 Å². The molecule has 0 aromatic carbocycles. The molecule has 3 heterocycles. The van der Waals surface area contributed by atoms with Gasteiger partial charge in [0.1, 0.15) is 23.2 Å². The minimum Gasteiger partial charge on any atom is -0.367 e. The summed E-state index contributed by atoms with van der Waals surface area (Å²) in [5.41, 5.74) is 0.885. The third-order valence-electron chi connectivity index (χ3n) is 2.59. The Bertz CT molecular complexity index is 820. The SMILES string of the molecule is CNc1ncnc(Sc2ncnc3nc[nH]c23)c1[N+](=O)[O-]. The first-order valence-corrected chi connectivity index (χ1v) is 6.51. The van der Waals surface area contributed by atoms with Gasteiger partial charge in [-0.25, -0.2) is 24.9 Å². The molecule has 2 N–H and O–H groups in total. The van der Waals surface area contributed by atoms with Gasteiger partial charge in [-0.3, -0.25) is 10.1 Å². The van der Waals surface area contributed by atoms with Gasteiger partial charge in [0, 0.05) is 7.05 Å². The molecule has 106 valence electrons. The molecule has 0 aliphatic rings. The Morgan fingerprint density at radius 3 is 2.71 bits per heavy atom. The van der Waals surface area contributed by atoms with E-state index in [1.54, 1.807) is 7.05 Å². The predicted molar refractivity (Wildman–Crippen MR) is 74.0 cm³/mol. The van der Waals surface area contributed by atoms with Crippen LogP contribution in [-0.2, 0) is 0 Å². The minimum absolute atomic E-state index is 0.146. The Kier molecular flexibility index (Phi) is 3.31. The molecule has 0 spiro atoms. The van der Waals surface area contributed by atoms with Crippen molar-refractivity contribution in [2.45, 2.75) is 10.1 Å². The standard InChI is InChI=1S/C10H8N8O2S/c1-11-8-6(18(19)20)10(17-4-15-8)21-9-5-7(13-2-12-5)14-3-16-9/h2-4H,1H3,(H,11,15,17)(H,12,13,14,16). The van der Waals surface area contributed by atoms with Crippen LogP contribution in [0.25, 0.3) is 11.2 Å². The van der Waals surface area contributed by atoms with Gasteiger partial charge < -0.3 is 10.3 Å². The molecule has 0 aliphatic carbocycles. The van der Waals surface area contributed by atoms with Crippen LogP contribution in [0.1, 0.15) is 0 Å². The maximum absolute atomic E-state index is 11.2. The Labute approximate surface area is 121 Å². The highest BCUT2D eigenvalue weighted by Gasteiger charge is 2.24. The van der Waals surface area contributed by atoms with Crippen LogP contribution in [0.2, 0.25) is 0 Å². The lowest BCUT2D eigenvalue weighted by molar-refractivity contribution is -0.387. The molecule has 11 heteroatoms. The van der Waals surface area contributed by atoms with Crippen LogP contribution in [0.15, 0.2) is 29.0 Å². The Hall–Kier alpha value is -2.82. The van der Waals surface area contributed by atoms with Crippen molar-refractivity contribution < 1.29 is 4.92 Å². The lowest BCUT2D eigenvalue weighted by atomic mass is 10.5. The molecule has 0 unspecified atom stereocenters. The summed E-state index contributed by atoms with van der Waals surface area (Å²) in [5, 5.41) is 14.6. The molecule has 0 amide bonds. The second kappa shape index (κ2) is 5.28. The summed E-state index contributed by atoms with van der Waals surface area (Å²) in [7, 11) is 1.56. The fourth-order valence-corrected chi connectivity index (χ4v) is 2.60. The lowest BCUT2D eigenvalue weighted by Crippen LogP contribution is -2.02. The van der Waals surface area contributed by atoms with Crippen LogP contribution >= 0.6 is 11.8 Å². The molecule has 0 radical (unpaired) electrons. The van der Waals surface area contributed by atoms with E-state index in [4.69, 9.17) is 0 Å². The molecule has 3 aromatic rings. The second-order valence-electron chi connectivity index (χ2n) is 3.77. The largest absolute Gasteiger partial charge is 0.367 e. The average Bonchev–Trinajstić information content (AvgIpc) is 2.96. The number of nitrogens with zero attached hydrogens (tertiary/aromatic N) is 6. The van der Waals surface area contributed by atoms with E-state index in [1.807, 2.05) is 0 Å². The number of aromatic amines is 1. The van der Waals surface area contributed by atoms with Crippen LogP contribution in [0.5, 0.6) is 0 Å². The molecular formula is C10H8N8O2S. The van der Waals surface area contributed by atoms with Crippen LogP contribution in [0.4, 0.5) is 11.5 Å². The zero-order valence-electron chi connectivity index (χ0n) is 10.6. The highest BCUT2D eigenvalue weighted by molar-refractivity contribution is 7.99. The molecule has 0 aliphatic heterocycles. The average molecular weight is 304 g/mol. The summed E-state index contributed by atoms with van der Waals surface area (Å²) in [6.07, 6.45) is 4.08. The minimum atomic E-state index is -0.528. The molecule has 0 saturated heterocycles. The Morgan fingerprint density at radius 2 is 1.95 bits per heavy atom. The van der Waals surface area contributed by atoms with Gasteiger partial charge in [0.05, 0.1) is 11.3 Å². The lowest BCUT2D eigenvalue weighted by Gasteiger charge is -2.05. The first-order chi connectivity index (χ1) is 10.2. The highest BCUT2D eigenvalue weighted by Crippen LogP contribution is 2.36. The Balaban J connectivity index is 2.10.